The molecular formula is C15H18BrN3OS. The van der Waals surface area contributed by atoms with Gasteiger partial charge in [-0.2, -0.15) is 0 Å². The van der Waals surface area contributed by atoms with Gasteiger partial charge in [-0.05, 0) is 32.4 Å². The van der Waals surface area contributed by atoms with Crippen molar-refractivity contribution in [1.82, 2.24) is 4.98 Å². The minimum Gasteiger partial charge on any atom is -0.328 e. The van der Waals surface area contributed by atoms with Gasteiger partial charge >= 0.3 is 0 Å². The van der Waals surface area contributed by atoms with Crippen LogP contribution in [0.25, 0.3) is 11.3 Å². The predicted octanol–water partition coefficient (Wildman–Crippen LogP) is 3.95. The van der Waals surface area contributed by atoms with Crippen LogP contribution in [0.2, 0.25) is 0 Å². The summed E-state index contributed by atoms with van der Waals surface area (Å²) in [5, 5.41) is 3.48. The number of anilines is 1. The monoisotopic (exact) mass is 367 g/mol. The highest BCUT2D eigenvalue weighted by atomic mass is 79.9. The fraction of sp³-hybridized carbons (Fsp3) is 0.333. The van der Waals surface area contributed by atoms with Gasteiger partial charge in [0.25, 0.3) is 0 Å². The molecule has 0 aliphatic heterocycles. The van der Waals surface area contributed by atoms with Crippen LogP contribution in [-0.2, 0) is 4.79 Å². The minimum atomic E-state index is -0.0385. The second-order valence-corrected chi connectivity index (χ2v) is 7.11. The summed E-state index contributed by atoms with van der Waals surface area (Å²) in [7, 11) is 0. The van der Waals surface area contributed by atoms with E-state index in [-0.39, 0.29) is 11.9 Å². The molecule has 6 heteroatoms. The van der Waals surface area contributed by atoms with E-state index in [9.17, 15) is 4.79 Å². The lowest BCUT2D eigenvalue weighted by Gasteiger charge is -2.04. The first kappa shape index (κ1) is 16.1. The van der Waals surface area contributed by atoms with Crippen LogP contribution >= 0.6 is 27.3 Å². The number of halogens is 1. The summed E-state index contributed by atoms with van der Waals surface area (Å²) < 4.78 is 1.03. The number of benzene rings is 1. The summed E-state index contributed by atoms with van der Waals surface area (Å²) in [4.78, 5) is 17.4. The highest BCUT2D eigenvalue weighted by molar-refractivity contribution is 9.10. The van der Waals surface area contributed by atoms with Gasteiger partial charge in [-0.15, -0.1) is 11.3 Å². The topological polar surface area (TPSA) is 68.0 Å². The lowest BCUT2D eigenvalue weighted by molar-refractivity contribution is -0.116. The molecule has 1 unspecified atom stereocenters. The third-order valence-electron chi connectivity index (χ3n) is 2.99. The van der Waals surface area contributed by atoms with Gasteiger partial charge in [0.2, 0.25) is 5.91 Å². The Morgan fingerprint density at radius 1 is 1.43 bits per heavy atom. The van der Waals surface area contributed by atoms with E-state index in [1.165, 1.54) is 11.3 Å². The summed E-state index contributed by atoms with van der Waals surface area (Å²) in [5.41, 5.74) is 7.61. The molecule has 0 fully saturated rings. The number of aromatic nitrogens is 1. The van der Waals surface area contributed by atoms with Crippen LogP contribution in [-0.4, -0.2) is 16.9 Å². The van der Waals surface area contributed by atoms with Crippen LogP contribution in [0.4, 0.5) is 5.13 Å². The van der Waals surface area contributed by atoms with Gasteiger partial charge in [-0.25, -0.2) is 4.98 Å². The predicted molar refractivity (Wildman–Crippen MR) is 91.5 cm³/mol. The van der Waals surface area contributed by atoms with Gasteiger partial charge in [-0.1, -0.05) is 28.1 Å². The van der Waals surface area contributed by atoms with Gasteiger partial charge < -0.3 is 11.1 Å². The number of hydrogen-bond donors (Lipinski definition) is 2. The van der Waals surface area contributed by atoms with E-state index in [1.54, 1.807) is 0 Å². The third-order valence-corrected chi connectivity index (χ3v) is 4.40. The Balaban J connectivity index is 2.08. The standard InChI is InChI=1S/C15H18BrN3OS/c1-9(17)3-8-13(20)18-15-19-14(10(2)21-15)11-4-6-12(16)7-5-11/h4-7,9H,3,8,17H2,1-2H3,(H,18,19,20). The number of nitrogens with zero attached hydrogens (tertiary/aromatic N) is 1. The average molecular weight is 368 g/mol. The van der Waals surface area contributed by atoms with Crippen molar-refractivity contribution < 1.29 is 4.79 Å². The van der Waals surface area contributed by atoms with Crippen LogP contribution in [0.15, 0.2) is 28.7 Å². The molecule has 0 aliphatic carbocycles. The number of carbonyl (C=O) groups is 1. The molecule has 1 aromatic heterocycles. The molecule has 3 N–H and O–H groups in total. The molecule has 0 saturated heterocycles. The first-order valence-corrected chi connectivity index (χ1v) is 8.35. The fourth-order valence-electron chi connectivity index (χ4n) is 1.87. The maximum atomic E-state index is 11.8. The molecule has 0 radical (unpaired) electrons. The lowest BCUT2D eigenvalue weighted by atomic mass is 10.1. The SMILES string of the molecule is Cc1sc(NC(=O)CCC(C)N)nc1-c1ccc(Br)cc1. The number of amides is 1. The van der Waals surface area contributed by atoms with Crippen molar-refractivity contribution in [2.75, 3.05) is 5.32 Å². The number of nitrogens with one attached hydrogen (secondary N) is 1. The molecular weight excluding hydrogens is 350 g/mol. The largest absolute Gasteiger partial charge is 0.328 e. The van der Waals surface area contributed by atoms with E-state index < -0.39 is 0 Å². The molecule has 1 aromatic carbocycles. The Hall–Kier alpha value is -1.24. The highest BCUT2D eigenvalue weighted by Crippen LogP contribution is 2.31. The normalized spacial score (nSPS) is 12.2. The molecule has 21 heavy (non-hydrogen) atoms. The number of hydrogen-bond acceptors (Lipinski definition) is 4. The zero-order valence-electron chi connectivity index (χ0n) is 12.0. The minimum absolute atomic E-state index is 0.0344. The first-order valence-electron chi connectivity index (χ1n) is 6.74. The first-order chi connectivity index (χ1) is 9.95. The summed E-state index contributed by atoms with van der Waals surface area (Å²) in [6.07, 6.45) is 1.10. The number of thiazole rings is 1. The molecule has 1 atom stereocenters. The number of carbonyl (C=O) groups excluding carboxylic acids is 1. The molecule has 1 amide bonds. The van der Waals surface area contributed by atoms with Gasteiger partial charge in [-0.3, -0.25) is 4.79 Å². The highest BCUT2D eigenvalue weighted by Gasteiger charge is 2.12. The van der Waals surface area contributed by atoms with Crippen LogP contribution in [0.5, 0.6) is 0 Å². The van der Waals surface area contributed by atoms with E-state index in [4.69, 9.17) is 5.73 Å². The van der Waals surface area contributed by atoms with Crippen molar-refractivity contribution in [2.24, 2.45) is 5.73 Å². The Labute approximate surface area is 136 Å². The van der Waals surface area contributed by atoms with Crippen LogP contribution < -0.4 is 11.1 Å². The van der Waals surface area contributed by atoms with Gasteiger partial charge in [0.05, 0.1) is 5.69 Å². The van der Waals surface area contributed by atoms with Crippen molar-refractivity contribution in [3.05, 3.63) is 33.6 Å². The van der Waals surface area contributed by atoms with Crippen molar-refractivity contribution in [3.63, 3.8) is 0 Å². The molecule has 112 valence electrons. The molecule has 2 aromatic rings. The molecule has 0 spiro atoms. The number of aryl methyl sites for hydroxylation is 1. The quantitative estimate of drug-likeness (QED) is 0.840. The lowest BCUT2D eigenvalue weighted by Crippen LogP contribution is -2.19. The summed E-state index contributed by atoms with van der Waals surface area (Å²) in [6.45, 7) is 3.90. The Bertz CT molecular complexity index is 622. The second-order valence-electron chi connectivity index (χ2n) is 4.99. The summed E-state index contributed by atoms with van der Waals surface area (Å²) in [6, 6.07) is 8.01. The van der Waals surface area contributed by atoms with Crippen molar-refractivity contribution in [1.29, 1.82) is 0 Å². The van der Waals surface area contributed by atoms with Crippen LogP contribution in [0, 0.1) is 6.92 Å². The van der Waals surface area contributed by atoms with Crippen molar-refractivity contribution in [2.45, 2.75) is 32.7 Å². The molecule has 1 heterocycles. The molecule has 0 saturated carbocycles. The molecule has 0 bridgehead atoms. The van der Waals surface area contributed by atoms with Crippen molar-refractivity contribution >= 4 is 38.3 Å². The van der Waals surface area contributed by atoms with E-state index in [0.29, 0.717) is 18.0 Å². The Morgan fingerprint density at radius 2 is 2.10 bits per heavy atom. The van der Waals surface area contributed by atoms with Crippen LogP contribution in [0.3, 0.4) is 0 Å². The van der Waals surface area contributed by atoms with E-state index in [1.807, 2.05) is 38.1 Å². The van der Waals surface area contributed by atoms with Crippen molar-refractivity contribution in [3.8, 4) is 11.3 Å². The smallest absolute Gasteiger partial charge is 0.226 e. The Kier molecular flexibility index (Phi) is 5.50. The molecule has 4 nitrogen and oxygen atoms in total. The van der Waals surface area contributed by atoms with Gasteiger partial charge in [0.1, 0.15) is 0 Å². The van der Waals surface area contributed by atoms with Gasteiger partial charge in [0, 0.05) is 27.4 Å². The number of nitrogens with two attached hydrogens (primary N) is 1. The molecule has 2 rings (SSSR count). The fourth-order valence-corrected chi connectivity index (χ4v) is 2.98. The van der Waals surface area contributed by atoms with E-state index in [0.717, 1.165) is 20.6 Å². The maximum absolute atomic E-state index is 11.8. The zero-order valence-corrected chi connectivity index (χ0v) is 14.4. The van der Waals surface area contributed by atoms with E-state index >= 15 is 0 Å². The summed E-state index contributed by atoms with van der Waals surface area (Å²) >= 11 is 4.91. The zero-order chi connectivity index (χ0) is 15.4. The molecule has 0 aliphatic rings. The summed E-state index contributed by atoms with van der Waals surface area (Å²) in [5.74, 6) is -0.0385. The second kappa shape index (κ2) is 7.15. The Morgan fingerprint density at radius 3 is 2.71 bits per heavy atom. The van der Waals surface area contributed by atoms with Gasteiger partial charge in [0.15, 0.2) is 5.13 Å². The van der Waals surface area contributed by atoms with E-state index in [2.05, 4.69) is 26.2 Å². The third kappa shape index (κ3) is 4.62. The average Bonchev–Trinajstić information content (AvgIpc) is 2.78. The number of rotatable bonds is 5. The maximum Gasteiger partial charge on any atom is 0.226 e. The van der Waals surface area contributed by atoms with Crippen LogP contribution in [0.1, 0.15) is 24.6 Å².